The number of carbonyl (C=O) groups is 1. The van der Waals surface area contributed by atoms with E-state index < -0.39 is 11.4 Å². The first kappa shape index (κ1) is 16.6. The molecule has 0 radical (unpaired) electrons. The van der Waals surface area contributed by atoms with Crippen molar-refractivity contribution in [1.82, 2.24) is 14.5 Å². The van der Waals surface area contributed by atoms with Crippen molar-refractivity contribution in [2.45, 2.75) is 25.2 Å². The topological polar surface area (TPSA) is 47.4 Å². The first-order valence-electron chi connectivity index (χ1n) is 8.90. The van der Waals surface area contributed by atoms with E-state index in [9.17, 15) is 9.18 Å². The molecule has 2 aliphatic rings. The maximum absolute atomic E-state index is 14.0. The highest BCUT2D eigenvalue weighted by Crippen LogP contribution is 2.36. The fraction of sp³-hybridized carbons (Fsp3) is 0.300. The van der Waals surface area contributed by atoms with Crippen LogP contribution >= 0.6 is 11.3 Å². The van der Waals surface area contributed by atoms with E-state index in [1.807, 2.05) is 6.20 Å². The lowest BCUT2D eigenvalue weighted by Gasteiger charge is -2.35. The number of carbonyl (C=O) groups excluding carboxylic acids is 1. The molecule has 2 aromatic heterocycles. The molecule has 27 heavy (non-hydrogen) atoms. The van der Waals surface area contributed by atoms with Crippen molar-refractivity contribution in [3.63, 3.8) is 0 Å². The van der Waals surface area contributed by atoms with Crippen molar-refractivity contribution < 1.29 is 13.9 Å². The molecule has 1 saturated heterocycles. The van der Waals surface area contributed by atoms with Gasteiger partial charge in [-0.05, 0) is 30.0 Å². The highest BCUT2D eigenvalue weighted by Gasteiger charge is 2.44. The highest BCUT2D eigenvalue weighted by atomic mass is 32.1. The number of benzene rings is 1. The SMILES string of the molecule is O=C(c1ccccc1F)N1CC[C@]2(C1)Cn1c(-c3ccsc3)cnc1CO2. The molecule has 3 aromatic rings. The van der Waals surface area contributed by atoms with Crippen LogP contribution in [0.2, 0.25) is 0 Å². The van der Waals surface area contributed by atoms with E-state index in [1.165, 1.54) is 12.1 Å². The zero-order valence-corrected chi connectivity index (χ0v) is 15.4. The summed E-state index contributed by atoms with van der Waals surface area (Å²) in [4.78, 5) is 18.9. The Morgan fingerprint density at radius 2 is 2.15 bits per heavy atom. The van der Waals surface area contributed by atoms with Gasteiger partial charge in [-0.15, -0.1) is 0 Å². The Bertz CT molecular complexity index is 1000. The fourth-order valence-electron chi connectivity index (χ4n) is 3.97. The van der Waals surface area contributed by atoms with E-state index in [0.29, 0.717) is 26.2 Å². The second-order valence-electron chi connectivity index (χ2n) is 7.09. The minimum atomic E-state index is -0.482. The van der Waals surface area contributed by atoms with Crippen LogP contribution in [0.1, 0.15) is 22.6 Å². The third-order valence-corrected chi connectivity index (χ3v) is 6.10. The number of aromatic nitrogens is 2. The van der Waals surface area contributed by atoms with Gasteiger partial charge >= 0.3 is 0 Å². The van der Waals surface area contributed by atoms with E-state index in [1.54, 1.807) is 28.4 Å². The van der Waals surface area contributed by atoms with Gasteiger partial charge in [0.05, 0.1) is 30.5 Å². The molecule has 1 fully saturated rings. The van der Waals surface area contributed by atoms with Crippen molar-refractivity contribution in [1.29, 1.82) is 0 Å². The Morgan fingerprint density at radius 1 is 1.26 bits per heavy atom. The van der Waals surface area contributed by atoms with Gasteiger partial charge in [0.25, 0.3) is 5.91 Å². The number of fused-ring (bicyclic) bond motifs is 1. The van der Waals surface area contributed by atoms with Crippen LogP contribution in [0.5, 0.6) is 0 Å². The molecule has 0 saturated carbocycles. The number of nitrogens with zero attached hydrogens (tertiary/aromatic N) is 3. The summed E-state index contributed by atoms with van der Waals surface area (Å²) >= 11 is 1.65. The molecule has 5 nitrogen and oxygen atoms in total. The van der Waals surface area contributed by atoms with E-state index in [0.717, 1.165) is 23.5 Å². The minimum absolute atomic E-state index is 0.118. The van der Waals surface area contributed by atoms with E-state index in [2.05, 4.69) is 26.4 Å². The molecule has 4 heterocycles. The molecule has 0 aliphatic carbocycles. The molecule has 1 atom stereocenters. The van der Waals surface area contributed by atoms with Gasteiger partial charge in [-0.2, -0.15) is 11.3 Å². The summed E-state index contributed by atoms with van der Waals surface area (Å²) < 4.78 is 22.4. The highest BCUT2D eigenvalue weighted by molar-refractivity contribution is 7.08. The Balaban J connectivity index is 1.40. The second kappa shape index (κ2) is 6.28. The maximum atomic E-state index is 14.0. The first-order valence-corrected chi connectivity index (χ1v) is 9.84. The number of rotatable bonds is 2. The van der Waals surface area contributed by atoms with Gasteiger partial charge in [-0.1, -0.05) is 12.1 Å². The number of thiophene rings is 1. The van der Waals surface area contributed by atoms with Crippen LogP contribution in [0.25, 0.3) is 11.3 Å². The maximum Gasteiger partial charge on any atom is 0.256 e. The third kappa shape index (κ3) is 2.78. The van der Waals surface area contributed by atoms with Crippen molar-refractivity contribution in [2.24, 2.45) is 0 Å². The van der Waals surface area contributed by atoms with Crippen LogP contribution < -0.4 is 0 Å². The number of hydrogen-bond acceptors (Lipinski definition) is 4. The van der Waals surface area contributed by atoms with Crippen LogP contribution in [0.3, 0.4) is 0 Å². The monoisotopic (exact) mass is 383 g/mol. The lowest BCUT2D eigenvalue weighted by atomic mass is 10.0. The number of likely N-dealkylation sites (tertiary alicyclic amines) is 1. The minimum Gasteiger partial charge on any atom is -0.363 e. The van der Waals surface area contributed by atoms with Crippen molar-refractivity contribution in [2.75, 3.05) is 13.1 Å². The van der Waals surface area contributed by atoms with Crippen LogP contribution in [0.15, 0.2) is 47.3 Å². The van der Waals surface area contributed by atoms with Gasteiger partial charge in [-0.25, -0.2) is 9.37 Å². The molecule has 5 rings (SSSR count). The predicted octanol–water partition coefficient (Wildman–Crippen LogP) is 3.57. The molecule has 138 valence electrons. The Hall–Kier alpha value is -2.51. The summed E-state index contributed by atoms with van der Waals surface area (Å²) in [6.07, 6.45) is 2.62. The average Bonchev–Trinajstić information content (AvgIpc) is 3.41. The van der Waals surface area contributed by atoms with Crippen LogP contribution in [-0.2, 0) is 17.9 Å². The van der Waals surface area contributed by atoms with Crippen molar-refractivity contribution in [3.05, 3.63) is 64.5 Å². The normalized spacial score (nSPS) is 21.6. The largest absolute Gasteiger partial charge is 0.363 e. The van der Waals surface area contributed by atoms with Gasteiger partial charge in [0, 0.05) is 17.5 Å². The van der Waals surface area contributed by atoms with Crippen LogP contribution in [0, 0.1) is 5.82 Å². The molecular formula is C20H18FN3O2S. The zero-order chi connectivity index (χ0) is 18.4. The van der Waals surface area contributed by atoms with Gasteiger partial charge in [0.15, 0.2) is 0 Å². The Kier molecular flexibility index (Phi) is 3.87. The standard InChI is InChI=1S/C20H18FN3O2S/c21-16-4-2-1-3-15(16)19(25)23-7-6-20(12-23)13-24-17(14-5-8-27-11-14)9-22-18(24)10-26-20/h1-5,8-9,11H,6-7,10,12-13H2/t20-/m0/s1. The third-order valence-electron chi connectivity index (χ3n) is 5.42. The predicted molar refractivity (Wildman–Crippen MR) is 100.0 cm³/mol. The zero-order valence-electron chi connectivity index (χ0n) is 14.6. The summed E-state index contributed by atoms with van der Waals surface area (Å²) in [7, 11) is 0. The summed E-state index contributed by atoms with van der Waals surface area (Å²) in [5.41, 5.74) is 1.90. The number of imidazole rings is 1. The van der Waals surface area contributed by atoms with Crippen LogP contribution in [-0.4, -0.2) is 39.0 Å². The number of amides is 1. The average molecular weight is 383 g/mol. The van der Waals surface area contributed by atoms with Gasteiger partial charge in [0.2, 0.25) is 0 Å². The number of hydrogen-bond donors (Lipinski definition) is 0. The Morgan fingerprint density at radius 3 is 2.96 bits per heavy atom. The summed E-state index contributed by atoms with van der Waals surface area (Å²) in [5.74, 6) is 0.147. The molecule has 1 amide bonds. The summed E-state index contributed by atoms with van der Waals surface area (Å²) in [6.45, 7) is 2.09. The molecule has 0 N–H and O–H groups in total. The molecule has 2 aliphatic heterocycles. The molecule has 0 unspecified atom stereocenters. The molecule has 1 spiro atoms. The van der Waals surface area contributed by atoms with Crippen molar-refractivity contribution >= 4 is 17.2 Å². The second-order valence-corrected chi connectivity index (χ2v) is 7.87. The molecular weight excluding hydrogens is 365 g/mol. The van der Waals surface area contributed by atoms with E-state index >= 15 is 0 Å². The first-order chi connectivity index (χ1) is 13.2. The quantitative estimate of drug-likeness (QED) is 0.680. The molecule has 7 heteroatoms. The van der Waals surface area contributed by atoms with Gasteiger partial charge in [0.1, 0.15) is 23.8 Å². The Labute approximate surface area is 160 Å². The summed E-state index contributed by atoms with van der Waals surface area (Å²) in [6, 6.07) is 8.21. The fourth-order valence-corrected chi connectivity index (χ4v) is 4.62. The van der Waals surface area contributed by atoms with Gasteiger partial charge in [-0.3, -0.25) is 4.79 Å². The molecule has 0 bridgehead atoms. The van der Waals surface area contributed by atoms with Crippen molar-refractivity contribution in [3.8, 4) is 11.3 Å². The number of ether oxygens (including phenoxy) is 1. The van der Waals surface area contributed by atoms with Gasteiger partial charge < -0.3 is 14.2 Å². The number of halogens is 1. The lowest BCUT2D eigenvalue weighted by Crippen LogP contribution is -2.45. The lowest BCUT2D eigenvalue weighted by molar-refractivity contribution is -0.0804. The van der Waals surface area contributed by atoms with E-state index in [-0.39, 0.29) is 11.5 Å². The van der Waals surface area contributed by atoms with E-state index in [4.69, 9.17) is 4.74 Å². The smallest absolute Gasteiger partial charge is 0.256 e. The van der Waals surface area contributed by atoms with Crippen LogP contribution in [0.4, 0.5) is 4.39 Å². The summed E-state index contributed by atoms with van der Waals surface area (Å²) in [5, 5.41) is 4.16. The molecule has 1 aromatic carbocycles.